The lowest BCUT2D eigenvalue weighted by molar-refractivity contribution is -0.138. The van der Waals surface area contributed by atoms with Crippen LogP contribution >= 0.6 is 0 Å². The van der Waals surface area contributed by atoms with Crippen LogP contribution in [0, 0.1) is 11.3 Å². The highest BCUT2D eigenvalue weighted by Crippen LogP contribution is 2.13. The van der Waals surface area contributed by atoms with E-state index in [1.165, 1.54) is 0 Å². The van der Waals surface area contributed by atoms with Crippen LogP contribution in [0.3, 0.4) is 0 Å². The van der Waals surface area contributed by atoms with Crippen molar-refractivity contribution in [2.75, 3.05) is 33.3 Å². The van der Waals surface area contributed by atoms with Crippen molar-refractivity contribution in [3.63, 3.8) is 0 Å². The van der Waals surface area contributed by atoms with Gasteiger partial charge in [0.25, 0.3) is 0 Å². The van der Waals surface area contributed by atoms with Crippen molar-refractivity contribution in [2.45, 2.75) is 12.8 Å². The molecule has 1 aromatic carbocycles. The molecule has 0 spiro atoms. The molecule has 0 bridgehead atoms. The SMILES string of the molecule is COc1ccc(CC(=O)N2CCN(C(=O)CC#N)CC2)cc1. The lowest BCUT2D eigenvalue weighted by Gasteiger charge is -2.34. The van der Waals surface area contributed by atoms with Gasteiger partial charge in [-0.25, -0.2) is 0 Å². The molecule has 6 heteroatoms. The Labute approximate surface area is 129 Å². The molecule has 0 saturated carbocycles. The van der Waals surface area contributed by atoms with E-state index in [2.05, 4.69) is 0 Å². The van der Waals surface area contributed by atoms with Gasteiger partial charge in [0.15, 0.2) is 0 Å². The number of nitrogens with zero attached hydrogens (tertiary/aromatic N) is 3. The van der Waals surface area contributed by atoms with Gasteiger partial charge in [-0.2, -0.15) is 5.26 Å². The monoisotopic (exact) mass is 301 g/mol. The fourth-order valence-electron chi connectivity index (χ4n) is 2.41. The highest BCUT2D eigenvalue weighted by molar-refractivity contribution is 5.80. The third-order valence-electron chi connectivity index (χ3n) is 3.73. The van der Waals surface area contributed by atoms with E-state index in [4.69, 9.17) is 10.00 Å². The van der Waals surface area contributed by atoms with Crippen LogP contribution in [0.5, 0.6) is 5.75 Å². The summed E-state index contributed by atoms with van der Waals surface area (Å²) in [5.41, 5.74) is 0.939. The van der Waals surface area contributed by atoms with E-state index in [1.807, 2.05) is 30.3 Å². The van der Waals surface area contributed by atoms with Crippen LogP contribution in [0.1, 0.15) is 12.0 Å². The minimum Gasteiger partial charge on any atom is -0.497 e. The number of benzene rings is 1. The number of methoxy groups -OCH3 is 1. The Hall–Kier alpha value is -2.55. The van der Waals surface area contributed by atoms with Crippen LogP contribution in [0.25, 0.3) is 0 Å². The van der Waals surface area contributed by atoms with Crippen LogP contribution in [0.2, 0.25) is 0 Å². The number of hydrogen-bond donors (Lipinski definition) is 0. The van der Waals surface area contributed by atoms with Crippen molar-refractivity contribution >= 4 is 11.8 Å². The van der Waals surface area contributed by atoms with Gasteiger partial charge in [-0.05, 0) is 17.7 Å². The molecule has 1 aliphatic rings. The summed E-state index contributed by atoms with van der Waals surface area (Å²) in [7, 11) is 1.60. The molecule has 22 heavy (non-hydrogen) atoms. The molecule has 2 amide bonds. The topological polar surface area (TPSA) is 73.6 Å². The van der Waals surface area contributed by atoms with Gasteiger partial charge in [0, 0.05) is 26.2 Å². The Morgan fingerprint density at radius 1 is 1.09 bits per heavy atom. The van der Waals surface area contributed by atoms with E-state index in [-0.39, 0.29) is 18.2 Å². The minimum absolute atomic E-state index is 0.0533. The van der Waals surface area contributed by atoms with Crippen LogP contribution in [-0.4, -0.2) is 54.9 Å². The van der Waals surface area contributed by atoms with E-state index < -0.39 is 0 Å². The molecule has 0 unspecified atom stereocenters. The normalized spacial score (nSPS) is 14.4. The second-order valence-electron chi connectivity index (χ2n) is 5.12. The van der Waals surface area contributed by atoms with Crippen molar-refractivity contribution < 1.29 is 14.3 Å². The average molecular weight is 301 g/mol. The Bertz CT molecular complexity index is 569. The molecular weight excluding hydrogens is 282 g/mol. The lowest BCUT2D eigenvalue weighted by Crippen LogP contribution is -2.50. The predicted molar refractivity (Wildman–Crippen MR) is 80.1 cm³/mol. The highest BCUT2D eigenvalue weighted by atomic mass is 16.5. The standard InChI is InChI=1S/C16H19N3O3/c1-22-14-4-2-13(3-5-14)12-16(21)19-10-8-18(9-11-19)15(20)6-7-17/h2-5H,6,8-12H2,1H3. The fraction of sp³-hybridized carbons (Fsp3) is 0.438. The van der Waals surface area contributed by atoms with Gasteiger partial charge in [-0.15, -0.1) is 0 Å². The largest absolute Gasteiger partial charge is 0.497 e. The Kier molecular flexibility index (Phi) is 5.37. The van der Waals surface area contributed by atoms with Crippen molar-refractivity contribution in [2.24, 2.45) is 0 Å². The number of amides is 2. The zero-order valence-corrected chi connectivity index (χ0v) is 12.6. The van der Waals surface area contributed by atoms with Crippen LogP contribution in [-0.2, 0) is 16.0 Å². The zero-order valence-electron chi connectivity index (χ0n) is 12.6. The molecule has 0 aromatic heterocycles. The Morgan fingerprint density at radius 3 is 2.14 bits per heavy atom. The first kappa shape index (κ1) is 15.8. The number of hydrogen-bond acceptors (Lipinski definition) is 4. The maximum Gasteiger partial charge on any atom is 0.236 e. The summed E-state index contributed by atoms with van der Waals surface area (Å²) in [6.45, 7) is 2.03. The average Bonchev–Trinajstić information content (AvgIpc) is 2.56. The maximum atomic E-state index is 12.3. The molecule has 1 aromatic rings. The molecular formula is C16H19N3O3. The van der Waals surface area contributed by atoms with E-state index in [0.717, 1.165) is 11.3 Å². The fourth-order valence-corrected chi connectivity index (χ4v) is 2.41. The van der Waals surface area contributed by atoms with Crippen LogP contribution < -0.4 is 4.74 Å². The third kappa shape index (κ3) is 3.98. The molecule has 1 heterocycles. The van der Waals surface area contributed by atoms with Crippen molar-refractivity contribution in [3.05, 3.63) is 29.8 Å². The molecule has 1 fully saturated rings. The number of ether oxygens (including phenoxy) is 1. The number of nitriles is 1. The van der Waals surface area contributed by atoms with E-state index in [0.29, 0.717) is 32.6 Å². The number of carbonyl (C=O) groups excluding carboxylic acids is 2. The summed E-state index contributed by atoms with van der Waals surface area (Å²) in [4.78, 5) is 27.3. The molecule has 0 radical (unpaired) electrons. The quantitative estimate of drug-likeness (QED) is 0.825. The third-order valence-corrected chi connectivity index (χ3v) is 3.73. The van der Waals surface area contributed by atoms with E-state index in [9.17, 15) is 9.59 Å². The zero-order chi connectivity index (χ0) is 15.9. The van der Waals surface area contributed by atoms with Gasteiger partial charge in [0.1, 0.15) is 12.2 Å². The van der Waals surface area contributed by atoms with Crippen molar-refractivity contribution in [1.29, 1.82) is 5.26 Å². The van der Waals surface area contributed by atoms with Crippen molar-refractivity contribution in [3.8, 4) is 11.8 Å². The highest BCUT2D eigenvalue weighted by Gasteiger charge is 2.23. The number of piperazine rings is 1. The molecule has 0 aliphatic carbocycles. The second-order valence-corrected chi connectivity index (χ2v) is 5.12. The van der Waals surface area contributed by atoms with E-state index in [1.54, 1.807) is 16.9 Å². The summed E-state index contributed by atoms with van der Waals surface area (Å²) in [5, 5.41) is 8.54. The van der Waals surface area contributed by atoms with Crippen LogP contribution in [0.15, 0.2) is 24.3 Å². The maximum absolute atomic E-state index is 12.3. The molecule has 0 atom stereocenters. The summed E-state index contributed by atoms with van der Waals surface area (Å²) >= 11 is 0. The Morgan fingerprint density at radius 2 is 1.64 bits per heavy atom. The second kappa shape index (κ2) is 7.46. The summed E-state index contributed by atoms with van der Waals surface area (Å²) < 4.78 is 5.09. The number of carbonyl (C=O) groups is 2. The first-order valence-corrected chi connectivity index (χ1v) is 7.19. The van der Waals surface area contributed by atoms with Crippen LogP contribution in [0.4, 0.5) is 0 Å². The first-order valence-electron chi connectivity index (χ1n) is 7.19. The molecule has 1 aliphatic heterocycles. The van der Waals surface area contributed by atoms with E-state index >= 15 is 0 Å². The lowest BCUT2D eigenvalue weighted by atomic mass is 10.1. The minimum atomic E-state index is -0.162. The van der Waals surface area contributed by atoms with Crippen molar-refractivity contribution in [1.82, 2.24) is 9.80 Å². The smallest absolute Gasteiger partial charge is 0.236 e. The van der Waals surface area contributed by atoms with Gasteiger partial charge < -0.3 is 14.5 Å². The van der Waals surface area contributed by atoms with Gasteiger partial charge in [0.05, 0.1) is 19.6 Å². The predicted octanol–water partition coefficient (Wildman–Crippen LogP) is 0.822. The van der Waals surface area contributed by atoms with Gasteiger partial charge in [0.2, 0.25) is 11.8 Å². The molecule has 1 saturated heterocycles. The molecule has 116 valence electrons. The summed E-state index contributed by atoms with van der Waals surface area (Å²) in [6, 6.07) is 9.28. The Balaban J connectivity index is 1.84. The summed E-state index contributed by atoms with van der Waals surface area (Å²) in [5.74, 6) is 0.656. The molecule has 0 N–H and O–H groups in total. The van der Waals surface area contributed by atoms with Gasteiger partial charge >= 0.3 is 0 Å². The van der Waals surface area contributed by atoms with Gasteiger partial charge in [-0.1, -0.05) is 12.1 Å². The first-order chi connectivity index (χ1) is 10.6. The summed E-state index contributed by atoms with van der Waals surface area (Å²) in [6.07, 6.45) is 0.246. The number of rotatable bonds is 4. The molecule has 2 rings (SSSR count). The van der Waals surface area contributed by atoms with Gasteiger partial charge in [-0.3, -0.25) is 9.59 Å². The molecule has 6 nitrogen and oxygen atoms in total.